The minimum atomic E-state index is 0.391. The summed E-state index contributed by atoms with van der Waals surface area (Å²) in [6, 6.07) is 21.8. The van der Waals surface area contributed by atoms with Gasteiger partial charge in [-0.1, -0.05) is 54.1 Å². The summed E-state index contributed by atoms with van der Waals surface area (Å²) in [5.74, 6) is 0.856. The first-order valence-corrected chi connectivity index (χ1v) is 8.97. The van der Waals surface area contributed by atoms with E-state index in [2.05, 4.69) is 21.7 Å². The summed E-state index contributed by atoms with van der Waals surface area (Å²) in [7, 11) is 1.69. The average molecular weight is 376 g/mol. The van der Waals surface area contributed by atoms with Crippen LogP contribution in [0.1, 0.15) is 0 Å². The van der Waals surface area contributed by atoms with Crippen molar-refractivity contribution in [1.29, 1.82) is 0 Å². The number of rotatable bonds is 5. The van der Waals surface area contributed by atoms with Gasteiger partial charge >= 0.3 is 0 Å². The highest BCUT2D eigenvalue weighted by Crippen LogP contribution is 2.36. The molecule has 2 aromatic heterocycles. The Bertz CT molecular complexity index is 1030. The molecule has 0 aliphatic carbocycles. The molecule has 0 amide bonds. The van der Waals surface area contributed by atoms with Gasteiger partial charge in [-0.2, -0.15) is 0 Å². The summed E-state index contributed by atoms with van der Waals surface area (Å²) >= 11 is 6.08. The van der Waals surface area contributed by atoms with E-state index in [1.165, 1.54) is 0 Å². The van der Waals surface area contributed by atoms with E-state index in [0.29, 0.717) is 11.8 Å². The lowest BCUT2D eigenvalue weighted by Gasteiger charge is -2.12. The minimum Gasteiger partial charge on any atom is -0.364 e. The molecule has 0 fully saturated rings. The Labute approximate surface area is 163 Å². The normalized spacial score (nSPS) is 10.9. The van der Waals surface area contributed by atoms with E-state index in [1.54, 1.807) is 19.5 Å². The van der Waals surface area contributed by atoms with Crippen molar-refractivity contribution in [3.63, 3.8) is 0 Å². The summed E-state index contributed by atoms with van der Waals surface area (Å²) < 4.78 is 7.60. The average Bonchev–Trinajstić information content (AvgIpc) is 3.09. The zero-order chi connectivity index (χ0) is 18.6. The van der Waals surface area contributed by atoms with Crippen molar-refractivity contribution >= 4 is 11.6 Å². The third-order valence-electron chi connectivity index (χ3n) is 4.33. The first-order chi connectivity index (χ1) is 13.3. The van der Waals surface area contributed by atoms with E-state index >= 15 is 0 Å². The number of benzene rings is 2. The molecule has 4 rings (SSSR count). The van der Waals surface area contributed by atoms with Crippen LogP contribution in [0.3, 0.4) is 0 Å². The molecule has 0 radical (unpaired) electrons. The van der Waals surface area contributed by atoms with Crippen LogP contribution in [-0.2, 0) is 11.5 Å². The van der Waals surface area contributed by atoms with Gasteiger partial charge in [0.2, 0.25) is 0 Å². The first kappa shape index (κ1) is 17.5. The van der Waals surface area contributed by atoms with Crippen LogP contribution in [0.5, 0.6) is 0 Å². The number of methoxy groups -OCH3 is 1. The molecular formula is C22H18ClN3O. The van der Waals surface area contributed by atoms with Gasteiger partial charge in [0.15, 0.2) is 0 Å². The number of pyridine rings is 1. The Morgan fingerprint density at radius 1 is 0.852 bits per heavy atom. The van der Waals surface area contributed by atoms with Crippen molar-refractivity contribution in [1.82, 2.24) is 14.5 Å². The van der Waals surface area contributed by atoms with Gasteiger partial charge in [-0.05, 0) is 24.3 Å². The van der Waals surface area contributed by atoms with Gasteiger partial charge in [-0.25, -0.2) is 4.98 Å². The number of ether oxygens (including phenoxy) is 1. The van der Waals surface area contributed by atoms with Crippen LogP contribution in [0.2, 0.25) is 5.02 Å². The lowest BCUT2D eigenvalue weighted by Crippen LogP contribution is -2.04. The van der Waals surface area contributed by atoms with E-state index < -0.39 is 0 Å². The number of hydrogen-bond donors (Lipinski definition) is 0. The smallest absolute Gasteiger partial charge is 0.143 e. The second-order valence-corrected chi connectivity index (χ2v) is 6.52. The summed E-state index contributed by atoms with van der Waals surface area (Å²) in [5, 5.41) is 0.698. The number of hydrogen-bond acceptors (Lipinski definition) is 3. The van der Waals surface area contributed by atoms with Crippen molar-refractivity contribution in [2.45, 2.75) is 6.73 Å². The predicted octanol–water partition coefficient (Wildman–Crippen LogP) is 5.54. The van der Waals surface area contributed by atoms with Gasteiger partial charge < -0.3 is 4.74 Å². The second kappa shape index (κ2) is 7.74. The molecule has 134 valence electrons. The highest BCUT2D eigenvalue weighted by Gasteiger charge is 2.21. The highest BCUT2D eigenvalue weighted by atomic mass is 35.5. The Morgan fingerprint density at radius 2 is 1.56 bits per heavy atom. The van der Waals surface area contributed by atoms with Crippen molar-refractivity contribution < 1.29 is 4.74 Å². The minimum absolute atomic E-state index is 0.391. The van der Waals surface area contributed by atoms with Crippen LogP contribution >= 0.6 is 11.6 Å². The van der Waals surface area contributed by atoms with E-state index in [9.17, 15) is 0 Å². The SMILES string of the molecule is COCn1c(-c2ccccc2)nc(-c2ccc(Cl)cc2)c1-c1ccncc1. The van der Waals surface area contributed by atoms with Crippen LogP contribution in [0, 0.1) is 0 Å². The summed E-state index contributed by atoms with van der Waals surface area (Å²) in [5.41, 5.74) is 4.93. The number of aromatic nitrogens is 3. The van der Waals surface area contributed by atoms with Crippen LogP contribution < -0.4 is 0 Å². The molecule has 0 saturated heterocycles. The Morgan fingerprint density at radius 3 is 2.22 bits per heavy atom. The van der Waals surface area contributed by atoms with Crippen LogP contribution in [0.25, 0.3) is 33.9 Å². The van der Waals surface area contributed by atoms with Gasteiger partial charge in [0.25, 0.3) is 0 Å². The first-order valence-electron chi connectivity index (χ1n) is 8.59. The van der Waals surface area contributed by atoms with Gasteiger partial charge in [0, 0.05) is 41.2 Å². The number of nitrogens with zero attached hydrogens (tertiary/aromatic N) is 3. The monoisotopic (exact) mass is 375 g/mol. The molecule has 2 aromatic carbocycles. The van der Waals surface area contributed by atoms with Crippen molar-refractivity contribution in [2.75, 3.05) is 7.11 Å². The standard InChI is InChI=1S/C22H18ClN3O/c1-27-15-26-21(17-11-13-24-14-12-17)20(16-7-9-19(23)10-8-16)25-22(26)18-5-3-2-4-6-18/h2-14H,15H2,1H3. The zero-order valence-electron chi connectivity index (χ0n) is 14.8. The Kier molecular flexibility index (Phi) is 5.01. The molecule has 27 heavy (non-hydrogen) atoms. The predicted molar refractivity (Wildman–Crippen MR) is 108 cm³/mol. The molecule has 0 saturated carbocycles. The highest BCUT2D eigenvalue weighted by molar-refractivity contribution is 6.30. The van der Waals surface area contributed by atoms with Crippen LogP contribution in [-0.4, -0.2) is 21.6 Å². The topological polar surface area (TPSA) is 39.9 Å². The zero-order valence-corrected chi connectivity index (χ0v) is 15.6. The van der Waals surface area contributed by atoms with Crippen LogP contribution in [0.15, 0.2) is 79.1 Å². The van der Waals surface area contributed by atoms with Crippen molar-refractivity contribution in [2.24, 2.45) is 0 Å². The molecule has 2 heterocycles. The maximum Gasteiger partial charge on any atom is 0.143 e. The summed E-state index contributed by atoms with van der Waals surface area (Å²) in [6.07, 6.45) is 3.57. The fourth-order valence-corrected chi connectivity index (χ4v) is 3.25. The van der Waals surface area contributed by atoms with Gasteiger partial charge in [-0.3, -0.25) is 9.55 Å². The summed E-state index contributed by atoms with van der Waals surface area (Å²) in [6.45, 7) is 0.391. The van der Waals surface area contributed by atoms with Gasteiger partial charge in [0.05, 0.1) is 11.4 Å². The molecule has 0 aliphatic rings. The van der Waals surface area contributed by atoms with E-state index in [1.807, 2.05) is 54.6 Å². The molecule has 0 unspecified atom stereocenters. The number of halogens is 1. The molecule has 0 spiro atoms. The third-order valence-corrected chi connectivity index (χ3v) is 4.58. The second-order valence-electron chi connectivity index (χ2n) is 6.09. The fourth-order valence-electron chi connectivity index (χ4n) is 3.13. The van der Waals surface area contributed by atoms with Gasteiger partial charge in [0.1, 0.15) is 12.6 Å². The molecule has 4 aromatic rings. The summed E-state index contributed by atoms with van der Waals surface area (Å²) in [4.78, 5) is 9.14. The Hall–Kier alpha value is -2.95. The van der Waals surface area contributed by atoms with E-state index in [4.69, 9.17) is 21.3 Å². The molecule has 4 nitrogen and oxygen atoms in total. The largest absolute Gasteiger partial charge is 0.364 e. The van der Waals surface area contributed by atoms with Crippen LogP contribution in [0.4, 0.5) is 0 Å². The molecule has 0 aliphatic heterocycles. The van der Waals surface area contributed by atoms with E-state index in [0.717, 1.165) is 33.9 Å². The molecular weight excluding hydrogens is 358 g/mol. The molecule has 0 bridgehead atoms. The van der Waals surface area contributed by atoms with E-state index in [-0.39, 0.29) is 0 Å². The molecule has 0 atom stereocenters. The Balaban J connectivity index is 2.01. The molecule has 0 N–H and O–H groups in total. The lowest BCUT2D eigenvalue weighted by atomic mass is 10.1. The lowest BCUT2D eigenvalue weighted by molar-refractivity contribution is 0.133. The maximum absolute atomic E-state index is 6.08. The van der Waals surface area contributed by atoms with Crippen molar-refractivity contribution in [3.8, 4) is 33.9 Å². The quantitative estimate of drug-likeness (QED) is 0.460. The van der Waals surface area contributed by atoms with Gasteiger partial charge in [-0.15, -0.1) is 0 Å². The fraction of sp³-hybridized carbons (Fsp3) is 0.0909. The number of imidazole rings is 1. The third kappa shape index (κ3) is 3.50. The maximum atomic E-state index is 6.08. The molecule has 5 heteroatoms. The van der Waals surface area contributed by atoms with Crippen molar-refractivity contribution in [3.05, 3.63) is 84.1 Å².